The molecule has 1 fully saturated rings. The van der Waals surface area contributed by atoms with Crippen molar-refractivity contribution in [2.45, 2.75) is 19.8 Å². The molecule has 4 heteroatoms. The lowest BCUT2D eigenvalue weighted by molar-refractivity contribution is 0.231. The van der Waals surface area contributed by atoms with Crippen molar-refractivity contribution in [2.75, 3.05) is 26.2 Å². The van der Waals surface area contributed by atoms with E-state index in [1.807, 2.05) is 6.92 Å². The molecule has 0 radical (unpaired) electrons. The van der Waals surface area contributed by atoms with Gasteiger partial charge in [-0.15, -0.1) is 0 Å². The minimum atomic E-state index is 0.556. The minimum Gasteiger partial charge on any atom is -0.476 e. The van der Waals surface area contributed by atoms with E-state index in [4.69, 9.17) is 10.00 Å². The summed E-state index contributed by atoms with van der Waals surface area (Å²) in [5.74, 6) is 0.556. The molecule has 1 saturated heterocycles. The van der Waals surface area contributed by atoms with Crippen molar-refractivity contribution in [3.05, 3.63) is 23.4 Å². The Morgan fingerprint density at radius 1 is 1.41 bits per heavy atom. The van der Waals surface area contributed by atoms with E-state index < -0.39 is 0 Å². The van der Waals surface area contributed by atoms with Crippen LogP contribution in [-0.2, 0) is 0 Å². The van der Waals surface area contributed by atoms with Crippen molar-refractivity contribution in [3.63, 3.8) is 0 Å². The monoisotopic (exact) mass is 231 g/mol. The standard InChI is InChI=1S/C13H17N3O/c1-11-8-12(10-14)9-13(15-11)17-7-6-16-4-2-3-5-16/h8-9H,2-7H2,1H3. The van der Waals surface area contributed by atoms with Gasteiger partial charge in [-0.05, 0) is 38.9 Å². The zero-order chi connectivity index (χ0) is 12.1. The fraction of sp³-hybridized carbons (Fsp3) is 0.538. The molecule has 0 aromatic carbocycles. The molecule has 4 nitrogen and oxygen atoms in total. The van der Waals surface area contributed by atoms with E-state index in [9.17, 15) is 0 Å². The second-order valence-corrected chi connectivity index (χ2v) is 4.34. The molecule has 90 valence electrons. The van der Waals surface area contributed by atoms with Gasteiger partial charge in [0.1, 0.15) is 6.61 Å². The van der Waals surface area contributed by atoms with Crippen molar-refractivity contribution in [1.29, 1.82) is 5.26 Å². The fourth-order valence-corrected chi connectivity index (χ4v) is 2.06. The van der Waals surface area contributed by atoms with Gasteiger partial charge in [-0.25, -0.2) is 4.98 Å². The molecule has 2 rings (SSSR count). The first-order chi connectivity index (χ1) is 8.28. The maximum Gasteiger partial charge on any atom is 0.214 e. The Kier molecular flexibility index (Phi) is 3.94. The van der Waals surface area contributed by atoms with Gasteiger partial charge in [0.05, 0.1) is 11.6 Å². The van der Waals surface area contributed by atoms with Crippen molar-refractivity contribution in [3.8, 4) is 11.9 Å². The summed E-state index contributed by atoms with van der Waals surface area (Å²) >= 11 is 0. The SMILES string of the molecule is Cc1cc(C#N)cc(OCCN2CCCC2)n1. The van der Waals surface area contributed by atoms with Gasteiger partial charge in [-0.2, -0.15) is 5.26 Å². The van der Waals surface area contributed by atoms with Gasteiger partial charge in [0, 0.05) is 18.3 Å². The maximum absolute atomic E-state index is 8.84. The van der Waals surface area contributed by atoms with Crippen LogP contribution in [0, 0.1) is 18.3 Å². The molecule has 0 bridgehead atoms. The van der Waals surface area contributed by atoms with E-state index in [0.717, 1.165) is 12.2 Å². The molecule has 0 N–H and O–H groups in total. The molecule has 2 heterocycles. The lowest BCUT2D eigenvalue weighted by Crippen LogP contribution is -2.25. The van der Waals surface area contributed by atoms with Crippen LogP contribution < -0.4 is 4.74 Å². The lowest BCUT2D eigenvalue weighted by Gasteiger charge is -2.14. The number of likely N-dealkylation sites (tertiary alicyclic amines) is 1. The third kappa shape index (κ3) is 3.43. The predicted octanol–water partition coefficient (Wildman–Crippen LogP) is 1.74. The minimum absolute atomic E-state index is 0.556. The second-order valence-electron chi connectivity index (χ2n) is 4.34. The first kappa shape index (κ1) is 11.9. The van der Waals surface area contributed by atoms with Crippen LogP contribution in [0.2, 0.25) is 0 Å². The molecular weight excluding hydrogens is 214 g/mol. The smallest absolute Gasteiger partial charge is 0.214 e. The summed E-state index contributed by atoms with van der Waals surface area (Å²) in [4.78, 5) is 6.64. The average molecular weight is 231 g/mol. The normalized spacial score (nSPS) is 15.8. The Labute approximate surface area is 102 Å². The van der Waals surface area contributed by atoms with Crippen LogP contribution in [0.25, 0.3) is 0 Å². The number of aryl methyl sites for hydroxylation is 1. The summed E-state index contributed by atoms with van der Waals surface area (Å²) < 4.78 is 5.59. The quantitative estimate of drug-likeness (QED) is 0.792. The summed E-state index contributed by atoms with van der Waals surface area (Å²) in [6.45, 7) is 5.80. The van der Waals surface area contributed by atoms with Crippen LogP contribution in [-0.4, -0.2) is 36.1 Å². The number of rotatable bonds is 4. The topological polar surface area (TPSA) is 49.1 Å². The maximum atomic E-state index is 8.84. The summed E-state index contributed by atoms with van der Waals surface area (Å²) in [6, 6.07) is 5.56. The number of hydrogen-bond donors (Lipinski definition) is 0. The van der Waals surface area contributed by atoms with Gasteiger partial charge < -0.3 is 4.74 Å². The first-order valence-corrected chi connectivity index (χ1v) is 6.02. The van der Waals surface area contributed by atoms with Gasteiger partial charge >= 0.3 is 0 Å². The van der Waals surface area contributed by atoms with E-state index in [1.165, 1.54) is 25.9 Å². The van der Waals surface area contributed by atoms with Crippen LogP contribution in [0.15, 0.2) is 12.1 Å². The highest BCUT2D eigenvalue weighted by Crippen LogP contribution is 2.12. The van der Waals surface area contributed by atoms with E-state index >= 15 is 0 Å². The Bertz CT molecular complexity index is 419. The van der Waals surface area contributed by atoms with Crippen molar-refractivity contribution < 1.29 is 4.74 Å². The Morgan fingerprint density at radius 2 is 2.18 bits per heavy atom. The lowest BCUT2D eigenvalue weighted by atomic mass is 10.2. The van der Waals surface area contributed by atoms with Crippen LogP contribution in [0.1, 0.15) is 24.1 Å². The van der Waals surface area contributed by atoms with Crippen molar-refractivity contribution in [1.82, 2.24) is 9.88 Å². The highest BCUT2D eigenvalue weighted by atomic mass is 16.5. The van der Waals surface area contributed by atoms with E-state index in [2.05, 4.69) is 16.0 Å². The zero-order valence-electron chi connectivity index (χ0n) is 10.1. The molecular formula is C13H17N3O. The molecule has 17 heavy (non-hydrogen) atoms. The summed E-state index contributed by atoms with van der Waals surface area (Å²) in [6.07, 6.45) is 2.59. The van der Waals surface area contributed by atoms with Gasteiger partial charge in [0.2, 0.25) is 5.88 Å². The molecule has 0 spiro atoms. The number of aromatic nitrogens is 1. The van der Waals surface area contributed by atoms with Crippen molar-refractivity contribution >= 4 is 0 Å². The van der Waals surface area contributed by atoms with Gasteiger partial charge in [-0.3, -0.25) is 4.90 Å². The molecule has 0 atom stereocenters. The summed E-state index contributed by atoms with van der Waals surface area (Å²) in [5.41, 5.74) is 1.42. The second kappa shape index (κ2) is 5.65. The molecule has 1 aromatic heterocycles. The number of nitrogens with zero attached hydrogens (tertiary/aromatic N) is 3. The zero-order valence-corrected chi connectivity index (χ0v) is 10.1. The molecule has 1 aliphatic heterocycles. The Morgan fingerprint density at radius 3 is 2.88 bits per heavy atom. The fourth-order valence-electron chi connectivity index (χ4n) is 2.06. The van der Waals surface area contributed by atoms with E-state index in [1.54, 1.807) is 12.1 Å². The molecule has 1 aromatic rings. The molecule has 1 aliphatic rings. The third-order valence-electron chi connectivity index (χ3n) is 2.92. The van der Waals surface area contributed by atoms with Crippen LogP contribution >= 0.6 is 0 Å². The van der Waals surface area contributed by atoms with E-state index in [-0.39, 0.29) is 0 Å². The van der Waals surface area contributed by atoms with Crippen LogP contribution in [0.3, 0.4) is 0 Å². The summed E-state index contributed by atoms with van der Waals surface area (Å²) in [5, 5.41) is 8.84. The number of hydrogen-bond acceptors (Lipinski definition) is 4. The Hall–Kier alpha value is -1.60. The third-order valence-corrected chi connectivity index (χ3v) is 2.92. The Balaban J connectivity index is 1.85. The predicted molar refractivity (Wildman–Crippen MR) is 64.9 cm³/mol. The summed E-state index contributed by atoms with van der Waals surface area (Å²) in [7, 11) is 0. The van der Waals surface area contributed by atoms with Gasteiger partial charge in [0.25, 0.3) is 0 Å². The average Bonchev–Trinajstić information content (AvgIpc) is 2.81. The largest absolute Gasteiger partial charge is 0.476 e. The van der Waals surface area contributed by atoms with Gasteiger partial charge in [-0.1, -0.05) is 0 Å². The number of pyridine rings is 1. The molecule has 0 aliphatic carbocycles. The highest BCUT2D eigenvalue weighted by molar-refractivity contribution is 5.34. The van der Waals surface area contributed by atoms with Crippen molar-refractivity contribution in [2.24, 2.45) is 0 Å². The molecule has 0 unspecified atom stereocenters. The molecule has 0 amide bonds. The number of ether oxygens (including phenoxy) is 1. The van der Waals surface area contributed by atoms with Gasteiger partial charge in [0.15, 0.2) is 0 Å². The van der Waals surface area contributed by atoms with Crippen LogP contribution in [0.4, 0.5) is 0 Å². The number of nitriles is 1. The van der Waals surface area contributed by atoms with Crippen LogP contribution in [0.5, 0.6) is 5.88 Å². The molecule has 0 saturated carbocycles. The first-order valence-electron chi connectivity index (χ1n) is 6.02. The highest BCUT2D eigenvalue weighted by Gasteiger charge is 2.11. The van der Waals surface area contributed by atoms with E-state index in [0.29, 0.717) is 18.1 Å².